The van der Waals surface area contributed by atoms with Gasteiger partial charge >= 0.3 is 0 Å². The van der Waals surface area contributed by atoms with E-state index in [1.165, 1.54) is 49.3 Å². The van der Waals surface area contributed by atoms with Crippen molar-refractivity contribution in [2.45, 2.75) is 63.5 Å². The van der Waals surface area contributed by atoms with Crippen LogP contribution in [0.3, 0.4) is 0 Å². The van der Waals surface area contributed by atoms with Gasteiger partial charge in [-0.2, -0.15) is 0 Å². The molecule has 3 heterocycles. The van der Waals surface area contributed by atoms with Crippen molar-refractivity contribution in [3.05, 3.63) is 17.2 Å². The fourth-order valence-electron chi connectivity index (χ4n) is 4.18. The van der Waals surface area contributed by atoms with Crippen molar-refractivity contribution in [3.8, 4) is 0 Å². The van der Waals surface area contributed by atoms with E-state index in [0.29, 0.717) is 12.3 Å². The third kappa shape index (κ3) is 2.37. The molecule has 3 aliphatic rings. The average molecular weight is 288 g/mol. The van der Waals surface area contributed by atoms with E-state index in [4.69, 9.17) is 4.98 Å². The van der Waals surface area contributed by atoms with Crippen LogP contribution in [0.1, 0.15) is 67.7 Å². The lowest BCUT2D eigenvalue weighted by atomic mass is 9.88. The van der Waals surface area contributed by atoms with Gasteiger partial charge in [0.1, 0.15) is 5.82 Å². The van der Waals surface area contributed by atoms with E-state index in [0.717, 1.165) is 26.1 Å². The minimum absolute atomic E-state index is 0.186. The van der Waals surface area contributed by atoms with Crippen molar-refractivity contribution in [3.63, 3.8) is 0 Å². The van der Waals surface area contributed by atoms with E-state index in [1.807, 2.05) is 0 Å². The van der Waals surface area contributed by atoms with Gasteiger partial charge in [0.25, 0.3) is 0 Å². The summed E-state index contributed by atoms with van der Waals surface area (Å²) < 4.78 is 2.45. The van der Waals surface area contributed by atoms with Gasteiger partial charge in [0.2, 0.25) is 5.91 Å². The van der Waals surface area contributed by atoms with Crippen LogP contribution in [0, 0.1) is 0 Å². The molecule has 1 aromatic rings. The standard InChI is InChI=1S/C16H24N4O/c21-15-8-12(9-18-15)20-14-6-7-17-10-13(14)19-16(20)11-4-2-1-3-5-11/h11-12,17H,1-10H2,(H,18,21). The van der Waals surface area contributed by atoms with Crippen LogP contribution in [0.5, 0.6) is 0 Å². The van der Waals surface area contributed by atoms with Crippen molar-refractivity contribution in [2.75, 3.05) is 13.1 Å². The quantitative estimate of drug-likeness (QED) is 0.870. The van der Waals surface area contributed by atoms with Gasteiger partial charge in [-0.3, -0.25) is 4.79 Å². The molecule has 0 radical (unpaired) electrons. The highest BCUT2D eigenvalue weighted by Crippen LogP contribution is 2.36. The molecule has 21 heavy (non-hydrogen) atoms. The summed E-state index contributed by atoms with van der Waals surface area (Å²) in [5.41, 5.74) is 2.61. The Bertz CT molecular complexity index is 545. The summed E-state index contributed by atoms with van der Waals surface area (Å²) in [5.74, 6) is 2.05. The van der Waals surface area contributed by atoms with Crippen LogP contribution in [-0.4, -0.2) is 28.5 Å². The zero-order chi connectivity index (χ0) is 14.2. The number of aromatic nitrogens is 2. The number of carbonyl (C=O) groups is 1. The van der Waals surface area contributed by atoms with Crippen LogP contribution in [0.15, 0.2) is 0 Å². The number of nitrogens with one attached hydrogen (secondary N) is 2. The number of carbonyl (C=O) groups excluding carboxylic acids is 1. The highest BCUT2D eigenvalue weighted by molar-refractivity contribution is 5.78. The largest absolute Gasteiger partial charge is 0.354 e. The number of fused-ring (bicyclic) bond motifs is 1. The van der Waals surface area contributed by atoms with Gasteiger partial charge in [-0.05, 0) is 12.8 Å². The van der Waals surface area contributed by atoms with Gasteiger partial charge in [-0.15, -0.1) is 0 Å². The summed E-state index contributed by atoms with van der Waals surface area (Å²) >= 11 is 0. The van der Waals surface area contributed by atoms with E-state index in [-0.39, 0.29) is 11.9 Å². The predicted molar refractivity (Wildman–Crippen MR) is 80.1 cm³/mol. The molecule has 0 spiro atoms. The monoisotopic (exact) mass is 288 g/mol. The number of hydrogen-bond donors (Lipinski definition) is 2. The molecule has 1 aliphatic carbocycles. The lowest BCUT2D eigenvalue weighted by Gasteiger charge is -2.25. The smallest absolute Gasteiger partial charge is 0.222 e. The first-order valence-electron chi connectivity index (χ1n) is 8.40. The van der Waals surface area contributed by atoms with Crippen LogP contribution in [0.25, 0.3) is 0 Å². The van der Waals surface area contributed by atoms with Gasteiger partial charge in [-0.1, -0.05) is 19.3 Å². The lowest BCUT2D eigenvalue weighted by molar-refractivity contribution is -0.119. The number of nitrogens with zero attached hydrogens (tertiary/aromatic N) is 2. The maximum absolute atomic E-state index is 11.6. The molecule has 1 atom stereocenters. The first-order valence-corrected chi connectivity index (χ1v) is 8.40. The summed E-state index contributed by atoms with van der Waals surface area (Å²) in [5, 5.41) is 6.42. The normalized spacial score (nSPS) is 26.7. The summed E-state index contributed by atoms with van der Waals surface area (Å²) in [6, 6.07) is 0.281. The minimum atomic E-state index is 0.186. The van der Waals surface area contributed by atoms with E-state index >= 15 is 0 Å². The highest BCUT2D eigenvalue weighted by Gasteiger charge is 2.32. The maximum atomic E-state index is 11.6. The zero-order valence-corrected chi connectivity index (χ0v) is 12.5. The van der Waals surface area contributed by atoms with Gasteiger partial charge in [-0.25, -0.2) is 4.98 Å². The lowest BCUT2D eigenvalue weighted by Crippen LogP contribution is -2.27. The Morgan fingerprint density at radius 3 is 2.81 bits per heavy atom. The van der Waals surface area contributed by atoms with Crippen LogP contribution in [0.2, 0.25) is 0 Å². The molecule has 0 bridgehead atoms. The second-order valence-corrected chi connectivity index (χ2v) is 6.66. The molecule has 1 saturated carbocycles. The average Bonchev–Trinajstić information content (AvgIpc) is 3.11. The molecule has 2 aliphatic heterocycles. The van der Waals surface area contributed by atoms with Crippen LogP contribution in [0.4, 0.5) is 0 Å². The van der Waals surface area contributed by atoms with Crippen molar-refractivity contribution >= 4 is 5.91 Å². The molecule has 1 unspecified atom stereocenters. The van der Waals surface area contributed by atoms with Crippen molar-refractivity contribution in [1.82, 2.24) is 20.2 Å². The predicted octanol–water partition coefficient (Wildman–Crippen LogP) is 1.64. The molecule has 1 aromatic heterocycles. The number of imidazole rings is 1. The summed E-state index contributed by atoms with van der Waals surface area (Å²) in [6.07, 6.45) is 8.19. The maximum Gasteiger partial charge on any atom is 0.222 e. The van der Waals surface area contributed by atoms with E-state index in [2.05, 4.69) is 15.2 Å². The van der Waals surface area contributed by atoms with Gasteiger partial charge in [0, 0.05) is 44.1 Å². The van der Waals surface area contributed by atoms with Crippen molar-refractivity contribution < 1.29 is 4.79 Å². The first-order chi connectivity index (χ1) is 10.3. The molecular formula is C16H24N4O. The molecular weight excluding hydrogens is 264 g/mol. The van der Waals surface area contributed by atoms with Gasteiger partial charge < -0.3 is 15.2 Å². The van der Waals surface area contributed by atoms with E-state index in [9.17, 15) is 4.79 Å². The first kappa shape index (κ1) is 13.3. The third-order valence-electron chi connectivity index (χ3n) is 5.24. The summed E-state index contributed by atoms with van der Waals surface area (Å²) in [4.78, 5) is 16.7. The molecule has 114 valence electrons. The van der Waals surface area contributed by atoms with Crippen LogP contribution >= 0.6 is 0 Å². The Hall–Kier alpha value is -1.36. The summed E-state index contributed by atoms with van der Waals surface area (Å²) in [6.45, 7) is 2.68. The Kier molecular flexibility index (Phi) is 3.45. The van der Waals surface area contributed by atoms with Crippen molar-refractivity contribution in [2.24, 2.45) is 0 Å². The minimum Gasteiger partial charge on any atom is -0.354 e. The zero-order valence-electron chi connectivity index (χ0n) is 12.5. The Balaban J connectivity index is 1.73. The number of hydrogen-bond acceptors (Lipinski definition) is 3. The Labute approximate surface area is 125 Å². The second-order valence-electron chi connectivity index (χ2n) is 6.66. The molecule has 2 N–H and O–H groups in total. The third-order valence-corrected chi connectivity index (χ3v) is 5.24. The molecule has 4 rings (SSSR count). The highest BCUT2D eigenvalue weighted by atomic mass is 16.1. The molecule has 5 nitrogen and oxygen atoms in total. The molecule has 1 saturated heterocycles. The van der Waals surface area contributed by atoms with Gasteiger partial charge in [0.05, 0.1) is 11.7 Å². The Morgan fingerprint density at radius 1 is 1.19 bits per heavy atom. The van der Waals surface area contributed by atoms with Crippen LogP contribution < -0.4 is 10.6 Å². The van der Waals surface area contributed by atoms with E-state index in [1.54, 1.807) is 0 Å². The van der Waals surface area contributed by atoms with E-state index < -0.39 is 0 Å². The molecule has 2 fully saturated rings. The number of amides is 1. The fourth-order valence-corrected chi connectivity index (χ4v) is 4.18. The molecule has 1 amide bonds. The van der Waals surface area contributed by atoms with Crippen molar-refractivity contribution in [1.29, 1.82) is 0 Å². The molecule has 0 aromatic carbocycles. The fraction of sp³-hybridized carbons (Fsp3) is 0.750. The SMILES string of the molecule is O=C1CC(n2c(C3CCCCC3)nc3c2CCNC3)CN1. The molecule has 5 heteroatoms. The van der Waals surface area contributed by atoms with Crippen LogP contribution in [-0.2, 0) is 17.8 Å². The topological polar surface area (TPSA) is 59.0 Å². The Morgan fingerprint density at radius 2 is 2.05 bits per heavy atom. The van der Waals surface area contributed by atoms with Gasteiger partial charge in [0.15, 0.2) is 0 Å². The second kappa shape index (κ2) is 5.44. The summed E-state index contributed by atoms with van der Waals surface area (Å²) in [7, 11) is 0. The number of rotatable bonds is 2.